The summed E-state index contributed by atoms with van der Waals surface area (Å²) in [7, 11) is 0. The molecule has 0 spiro atoms. The normalized spacial score (nSPS) is 10.5. The molecule has 5 heteroatoms. The smallest absolute Gasteiger partial charge is 0.370 e. The number of aromatic hydroxyl groups is 1. The number of nitrogens with one attached hydrogen (secondary N) is 1. The van der Waals surface area contributed by atoms with Crippen LogP contribution in [0.3, 0.4) is 0 Å². The topological polar surface area (TPSA) is 66.0 Å². The molecule has 0 unspecified atom stereocenters. The van der Waals surface area contributed by atoms with Crippen LogP contribution >= 0.6 is 0 Å². The molecule has 1 aromatic heterocycles. The van der Waals surface area contributed by atoms with Gasteiger partial charge in [-0.25, -0.2) is 0 Å². The maximum atomic E-state index is 12.2. The van der Waals surface area contributed by atoms with Gasteiger partial charge < -0.3 is 10.1 Å². The van der Waals surface area contributed by atoms with Crippen molar-refractivity contribution < 1.29 is 26.3 Å². The molecule has 0 atom stereocenters. The fourth-order valence-corrected chi connectivity index (χ4v) is 3.99. The highest BCUT2D eigenvalue weighted by molar-refractivity contribution is 5.54. The fraction of sp³-hybridized carbons (Fsp3) is 0. The van der Waals surface area contributed by atoms with Gasteiger partial charge >= 0.3 is 30.3 Å². The molecule has 0 aliphatic carbocycles. The zero-order valence-electron chi connectivity index (χ0n) is 11.0. The second kappa shape index (κ2) is 6.09. The Morgan fingerprint density at radius 3 is 2.19 bits per heavy atom. The first-order chi connectivity index (χ1) is 10.2. The monoisotopic (exact) mass is 391 g/mol. The van der Waals surface area contributed by atoms with Gasteiger partial charge in [-0.2, -0.15) is 4.98 Å². The molecule has 104 valence electrons. The van der Waals surface area contributed by atoms with Gasteiger partial charge in [0.25, 0.3) is 5.88 Å². The molecule has 0 aliphatic heterocycles. The fourth-order valence-electron chi connectivity index (χ4n) is 1.85. The lowest BCUT2D eigenvalue weighted by Gasteiger charge is -2.00. The molecule has 0 radical (unpaired) electrons. The molecule has 0 saturated carbocycles. The summed E-state index contributed by atoms with van der Waals surface area (Å²) in [5, 5.41) is 10.1. The number of nitrogens with zero attached hydrogens (tertiary/aromatic N) is 1. The Morgan fingerprint density at radius 1 is 0.952 bits per heavy atom. The van der Waals surface area contributed by atoms with E-state index >= 15 is 0 Å². The van der Waals surface area contributed by atoms with Crippen molar-refractivity contribution in [2.45, 2.75) is 0 Å². The summed E-state index contributed by atoms with van der Waals surface area (Å²) in [6.07, 6.45) is 0. The first-order valence-corrected chi connectivity index (χ1v) is 8.48. The van der Waals surface area contributed by atoms with E-state index in [-0.39, 0.29) is 11.4 Å². The Kier molecular flexibility index (Phi) is 4.01. The number of hydrogen-bond donors (Lipinski definition) is 2. The third-order valence-corrected chi connectivity index (χ3v) is 5.68. The molecule has 2 N–H and O–H groups in total. The van der Waals surface area contributed by atoms with Crippen LogP contribution in [0.15, 0.2) is 65.5 Å². The van der Waals surface area contributed by atoms with E-state index in [0.717, 1.165) is 9.13 Å². The van der Waals surface area contributed by atoms with E-state index in [4.69, 9.17) is 0 Å². The van der Waals surface area contributed by atoms with Gasteiger partial charge in [-0.05, 0) is 12.1 Å². The number of aromatic nitrogens is 2. The molecule has 0 saturated heterocycles. The van der Waals surface area contributed by atoms with Crippen molar-refractivity contribution in [3.63, 3.8) is 0 Å². The first kappa shape index (κ1) is 13.8. The van der Waals surface area contributed by atoms with E-state index in [9.17, 15) is 9.90 Å². The summed E-state index contributed by atoms with van der Waals surface area (Å²) in [6.45, 7) is 0. The molecule has 21 heavy (non-hydrogen) atoms. The van der Waals surface area contributed by atoms with Crippen molar-refractivity contribution in [3.8, 4) is 17.3 Å². The van der Waals surface area contributed by atoms with Crippen LogP contribution in [0.2, 0.25) is 0 Å². The number of benzene rings is 2. The van der Waals surface area contributed by atoms with Crippen molar-refractivity contribution in [2.75, 3.05) is 0 Å². The Hall–Kier alpha value is -2.15. The van der Waals surface area contributed by atoms with Gasteiger partial charge in [-0.3, -0.25) is 4.79 Å². The van der Waals surface area contributed by atoms with E-state index in [0.29, 0.717) is 9.39 Å². The number of rotatable bonds is 3. The molecular weight excluding hydrogens is 379 g/mol. The van der Waals surface area contributed by atoms with Gasteiger partial charge in [-0.1, -0.05) is 48.5 Å². The Morgan fingerprint density at radius 2 is 1.57 bits per heavy atom. The highest BCUT2D eigenvalue weighted by atomic mass is 127. The minimum absolute atomic E-state index is 0.172. The highest BCUT2D eigenvalue weighted by Crippen LogP contribution is 2.14. The van der Waals surface area contributed by atoms with E-state index in [1.807, 2.05) is 60.7 Å². The van der Waals surface area contributed by atoms with Gasteiger partial charge in [0.1, 0.15) is 5.82 Å². The summed E-state index contributed by atoms with van der Waals surface area (Å²) in [6, 6.07) is 19.0. The van der Waals surface area contributed by atoms with Crippen LogP contribution in [0.4, 0.5) is 0 Å². The third kappa shape index (κ3) is 3.13. The zero-order chi connectivity index (χ0) is 14.7. The maximum absolute atomic E-state index is 12.2. The molecule has 2 aromatic carbocycles. The summed E-state index contributed by atoms with van der Waals surface area (Å²) in [5.74, 6) is 0.216. The summed E-state index contributed by atoms with van der Waals surface area (Å²) >= 11 is -0.754. The number of H-pyrrole nitrogens is 1. The van der Waals surface area contributed by atoms with Gasteiger partial charge in [0, 0.05) is 5.56 Å². The molecule has 3 aromatic rings. The first-order valence-electron chi connectivity index (χ1n) is 6.32. The lowest BCUT2D eigenvalue weighted by molar-refractivity contribution is -0.600. The largest absolute Gasteiger partial charge is 0.490 e. The maximum Gasteiger partial charge on any atom is 0.370 e. The van der Waals surface area contributed by atoms with Crippen LogP contribution < -0.4 is 26.8 Å². The Bertz CT molecular complexity index is 802. The van der Waals surface area contributed by atoms with Gasteiger partial charge in [-0.15, -0.1) is 0 Å². The molecule has 0 bridgehead atoms. The van der Waals surface area contributed by atoms with Crippen LogP contribution in [0.1, 0.15) is 0 Å². The second-order valence-corrected chi connectivity index (χ2v) is 7.17. The van der Waals surface area contributed by atoms with Gasteiger partial charge in [0.05, 0.1) is 0 Å². The molecule has 0 fully saturated rings. The molecule has 3 rings (SSSR count). The average molecular weight is 391 g/mol. The molecular formula is C16H12IN2O2+. The number of halogens is 1. The standard InChI is InChI=1S/C16H11IN2O2/c20-15-13(17-12-9-5-2-6-10-12)16(21)19-14(18-15)11-7-3-1-4-8-11/h1-10H,(H-,18,19,20,21)/p+1. The van der Waals surface area contributed by atoms with Crippen molar-refractivity contribution in [2.24, 2.45) is 0 Å². The molecule has 4 nitrogen and oxygen atoms in total. The van der Waals surface area contributed by atoms with Crippen molar-refractivity contribution >= 4 is 0 Å². The van der Waals surface area contributed by atoms with E-state index in [1.54, 1.807) is 0 Å². The summed E-state index contributed by atoms with van der Waals surface area (Å²) in [5.41, 5.74) is 0.507. The molecule has 1 heterocycles. The molecule has 0 aliphatic rings. The third-order valence-electron chi connectivity index (χ3n) is 2.83. The Balaban J connectivity index is 1.99. The lowest BCUT2D eigenvalue weighted by atomic mass is 10.2. The van der Waals surface area contributed by atoms with Crippen molar-refractivity contribution in [1.82, 2.24) is 9.97 Å². The van der Waals surface area contributed by atoms with Crippen molar-refractivity contribution in [1.29, 1.82) is 0 Å². The predicted octanol–water partition coefficient (Wildman–Crippen LogP) is -0.729. The average Bonchev–Trinajstić information content (AvgIpc) is 2.52. The van der Waals surface area contributed by atoms with Crippen LogP contribution in [0.5, 0.6) is 5.88 Å². The predicted molar refractivity (Wildman–Crippen MR) is 75.8 cm³/mol. The summed E-state index contributed by atoms with van der Waals surface area (Å²) < 4.78 is 1.45. The van der Waals surface area contributed by atoms with E-state index in [2.05, 4.69) is 9.97 Å². The Labute approximate surface area is 131 Å². The van der Waals surface area contributed by atoms with E-state index < -0.39 is 21.2 Å². The van der Waals surface area contributed by atoms with Gasteiger partial charge in [0.2, 0.25) is 0 Å². The highest BCUT2D eigenvalue weighted by Gasteiger charge is 2.26. The summed E-state index contributed by atoms with van der Waals surface area (Å²) in [4.78, 5) is 19.1. The van der Waals surface area contributed by atoms with E-state index in [1.165, 1.54) is 0 Å². The quantitative estimate of drug-likeness (QED) is 0.579. The second-order valence-electron chi connectivity index (χ2n) is 4.31. The van der Waals surface area contributed by atoms with Crippen LogP contribution in [-0.4, -0.2) is 15.1 Å². The minimum Gasteiger partial charge on any atom is -0.490 e. The van der Waals surface area contributed by atoms with Crippen LogP contribution in [0, 0.1) is 7.14 Å². The van der Waals surface area contributed by atoms with Crippen molar-refractivity contribution in [3.05, 3.63) is 78.2 Å². The minimum atomic E-state index is -0.754. The number of aromatic amines is 1. The van der Waals surface area contributed by atoms with Crippen LogP contribution in [0.25, 0.3) is 11.4 Å². The zero-order valence-corrected chi connectivity index (χ0v) is 13.1. The lowest BCUT2D eigenvalue weighted by Crippen LogP contribution is -3.62. The molecule has 0 amide bonds. The number of hydrogen-bond acceptors (Lipinski definition) is 3. The van der Waals surface area contributed by atoms with Gasteiger partial charge in [0.15, 0.2) is 3.57 Å². The van der Waals surface area contributed by atoms with Crippen LogP contribution in [-0.2, 0) is 0 Å². The SMILES string of the molecule is O=c1[nH]c(-c2ccccc2)nc(O)c1[I+]c1ccccc1.